The molecule has 1 aromatic heterocycles. The van der Waals surface area contributed by atoms with E-state index in [2.05, 4.69) is 4.90 Å². The van der Waals surface area contributed by atoms with E-state index < -0.39 is 9.84 Å². The molecule has 2 heterocycles. The summed E-state index contributed by atoms with van der Waals surface area (Å²) in [6.07, 6.45) is 1.85. The molecular formula is C24H29N3O6S2. The Kier molecular flexibility index (Phi) is 7.90. The number of nitrogens with zero attached hydrogens (tertiary/aromatic N) is 3. The van der Waals surface area contributed by atoms with Crippen LogP contribution in [0.15, 0.2) is 41.3 Å². The fraction of sp³-hybridized carbons (Fsp3) is 0.417. The van der Waals surface area contributed by atoms with Gasteiger partial charge in [-0.3, -0.25) is 14.6 Å². The Balaban J connectivity index is 1.69. The maximum atomic E-state index is 13.7. The minimum absolute atomic E-state index is 0.101. The number of hydrogen-bond acceptors (Lipinski definition) is 9. The number of hydrogen-bond donors (Lipinski definition) is 0. The summed E-state index contributed by atoms with van der Waals surface area (Å²) >= 11 is 1.34. The van der Waals surface area contributed by atoms with Crippen LogP contribution >= 0.6 is 11.3 Å². The lowest BCUT2D eigenvalue weighted by Crippen LogP contribution is -2.39. The van der Waals surface area contributed by atoms with Crippen LogP contribution in [0, 0.1) is 0 Å². The second kappa shape index (κ2) is 10.9. The van der Waals surface area contributed by atoms with Gasteiger partial charge in [-0.05, 0) is 36.8 Å². The number of rotatable bonds is 9. The lowest BCUT2D eigenvalue weighted by Gasteiger charge is -2.27. The van der Waals surface area contributed by atoms with E-state index in [1.165, 1.54) is 23.5 Å². The molecule has 2 aromatic carbocycles. The molecule has 0 spiro atoms. The minimum atomic E-state index is -3.45. The number of morpholine rings is 1. The van der Waals surface area contributed by atoms with Crippen LogP contribution in [-0.4, -0.2) is 84.1 Å². The highest BCUT2D eigenvalue weighted by Gasteiger charge is 2.25. The number of fused-ring (bicyclic) bond motifs is 1. The number of thiazole rings is 1. The predicted octanol–water partition coefficient (Wildman–Crippen LogP) is 3.09. The van der Waals surface area contributed by atoms with Gasteiger partial charge in [0.15, 0.2) is 15.0 Å². The molecule has 0 atom stereocenters. The first-order valence-corrected chi connectivity index (χ1v) is 14.0. The third-order valence-corrected chi connectivity index (χ3v) is 8.05. The highest BCUT2D eigenvalue weighted by atomic mass is 32.2. The van der Waals surface area contributed by atoms with E-state index in [1.807, 2.05) is 6.07 Å². The van der Waals surface area contributed by atoms with Gasteiger partial charge in [0, 0.05) is 38.0 Å². The van der Waals surface area contributed by atoms with Crippen molar-refractivity contribution in [2.45, 2.75) is 11.3 Å². The average molecular weight is 520 g/mol. The number of carbonyl (C=O) groups excluding carboxylic acids is 1. The monoisotopic (exact) mass is 519 g/mol. The Hall–Kier alpha value is -2.73. The number of sulfone groups is 1. The Labute approximate surface area is 209 Å². The number of ether oxygens (including phenoxy) is 3. The zero-order valence-corrected chi connectivity index (χ0v) is 21.7. The highest BCUT2D eigenvalue weighted by molar-refractivity contribution is 7.90. The summed E-state index contributed by atoms with van der Waals surface area (Å²) in [7, 11) is -0.297. The topological polar surface area (TPSA) is 98.3 Å². The van der Waals surface area contributed by atoms with Gasteiger partial charge < -0.3 is 14.2 Å². The summed E-state index contributed by atoms with van der Waals surface area (Å²) in [5.41, 5.74) is 0.903. The first-order valence-electron chi connectivity index (χ1n) is 11.3. The van der Waals surface area contributed by atoms with E-state index in [4.69, 9.17) is 19.2 Å². The summed E-state index contributed by atoms with van der Waals surface area (Å²) in [5, 5.41) is 0.500. The molecule has 0 unspecified atom stereocenters. The van der Waals surface area contributed by atoms with Crippen LogP contribution in [-0.2, 0) is 14.6 Å². The Bertz CT molecular complexity index is 1260. The standard InChI is InChI=1S/C24H29N3O6S2/c1-31-19-8-9-20(32-2)22-21(19)25-24(34-22)27(11-5-10-26-12-14-33-15-13-26)23(28)17-6-4-7-18(16-17)35(3,29)30/h4,6-9,16H,5,10-15H2,1-3H3. The zero-order valence-electron chi connectivity index (χ0n) is 20.0. The molecule has 1 aliphatic rings. The first kappa shape index (κ1) is 25.4. The molecular weight excluding hydrogens is 490 g/mol. The fourth-order valence-corrected chi connectivity index (χ4v) is 5.73. The molecule has 0 N–H and O–H groups in total. The lowest BCUT2D eigenvalue weighted by molar-refractivity contribution is 0.0376. The van der Waals surface area contributed by atoms with Crippen molar-refractivity contribution in [3.8, 4) is 11.5 Å². The van der Waals surface area contributed by atoms with Gasteiger partial charge in [-0.25, -0.2) is 13.4 Å². The molecule has 0 radical (unpaired) electrons. The van der Waals surface area contributed by atoms with Crippen molar-refractivity contribution in [3.63, 3.8) is 0 Å². The highest BCUT2D eigenvalue weighted by Crippen LogP contribution is 2.40. The van der Waals surface area contributed by atoms with Crippen molar-refractivity contribution in [3.05, 3.63) is 42.0 Å². The quantitative estimate of drug-likeness (QED) is 0.425. The van der Waals surface area contributed by atoms with E-state index in [0.717, 1.165) is 37.0 Å². The zero-order chi connectivity index (χ0) is 25.0. The smallest absolute Gasteiger partial charge is 0.260 e. The summed E-state index contributed by atoms with van der Waals surface area (Å²) in [5.74, 6) is 0.918. The molecule has 3 aromatic rings. The van der Waals surface area contributed by atoms with Gasteiger partial charge in [-0.2, -0.15) is 0 Å². The van der Waals surface area contributed by atoms with Gasteiger partial charge in [0.1, 0.15) is 21.7 Å². The Morgan fingerprint density at radius 2 is 1.86 bits per heavy atom. The second-order valence-electron chi connectivity index (χ2n) is 8.21. The largest absolute Gasteiger partial charge is 0.495 e. The van der Waals surface area contributed by atoms with Crippen LogP contribution in [0.25, 0.3) is 10.2 Å². The molecule has 11 heteroatoms. The van der Waals surface area contributed by atoms with Crippen molar-refractivity contribution in [2.24, 2.45) is 0 Å². The van der Waals surface area contributed by atoms with Gasteiger partial charge in [-0.15, -0.1) is 0 Å². The molecule has 188 valence electrons. The summed E-state index contributed by atoms with van der Waals surface area (Å²) in [6.45, 7) is 4.37. The number of methoxy groups -OCH3 is 2. The number of amides is 1. The molecule has 0 saturated carbocycles. The summed E-state index contributed by atoms with van der Waals surface area (Å²) < 4.78 is 41.3. The molecule has 1 aliphatic heterocycles. The molecule has 1 amide bonds. The van der Waals surface area contributed by atoms with Crippen molar-refractivity contribution in [2.75, 3.05) is 64.8 Å². The van der Waals surface area contributed by atoms with Crippen molar-refractivity contribution < 1.29 is 27.4 Å². The predicted molar refractivity (Wildman–Crippen MR) is 136 cm³/mol. The van der Waals surface area contributed by atoms with Crippen molar-refractivity contribution in [1.82, 2.24) is 9.88 Å². The second-order valence-corrected chi connectivity index (χ2v) is 11.2. The molecule has 35 heavy (non-hydrogen) atoms. The molecule has 0 aliphatic carbocycles. The van der Waals surface area contributed by atoms with E-state index in [0.29, 0.717) is 41.9 Å². The van der Waals surface area contributed by atoms with Crippen LogP contribution in [0.1, 0.15) is 16.8 Å². The first-order chi connectivity index (χ1) is 16.8. The SMILES string of the molecule is COc1ccc(OC)c2sc(N(CCCN3CCOCC3)C(=O)c3cccc(S(C)(=O)=O)c3)nc12. The van der Waals surface area contributed by atoms with Crippen LogP contribution in [0.3, 0.4) is 0 Å². The summed E-state index contributed by atoms with van der Waals surface area (Å²) in [6, 6.07) is 9.71. The third kappa shape index (κ3) is 5.75. The number of aromatic nitrogens is 1. The number of carbonyl (C=O) groups is 1. The van der Waals surface area contributed by atoms with Gasteiger partial charge in [0.2, 0.25) is 0 Å². The van der Waals surface area contributed by atoms with Crippen LogP contribution in [0.4, 0.5) is 5.13 Å². The van der Waals surface area contributed by atoms with E-state index in [9.17, 15) is 13.2 Å². The Morgan fingerprint density at radius 3 is 2.54 bits per heavy atom. The fourth-order valence-electron chi connectivity index (χ4n) is 3.97. The Morgan fingerprint density at radius 1 is 1.14 bits per heavy atom. The summed E-state index contributed by atoms with van der Waals surface area (Å²) in [4.78, 5) is 22.5. The number of anilines is 1. The van der Waals surface area contributed by atoms with Crippen molar-refractivity contribution >= 4 is 42.4 Å². The van der Waals surface area contributed by atoms with Crippen LogP contribution in [0.2, 0.25) is 0 Å². The lowest BCUT2D eigenvalue weighted by atomic mass is 10.2. The van der Waals surface area contributed by atoms with Crippen LogP contribution in [0.5, 0.6) is 11.5 Å². The maximum Gasteiger partial charge on any atom is 0.260 e. The molecule has 9 nitrogen and oxygen atoms in total. The number of benzene rings is 2. The average Bonchev–Trinajstić information content (AvgIpc) is 3.31. The van der Waals surface area contributed by atoms with Gasteiger partial charge in [0.25, 0.3) is 5.91 Å². The molecule has 1 fully saturated rings. The van der Waals surface area contributed by atoms with Gasteiger partial charge >= 0.3 is 0 Å². The molecule has 1 saturated heterocycles. The maximum absolute atomic E-state index is 13.7. The molecule has 4 rings (SSSR count). The normalized spacial score (nSPS) is 14.7. The van der Waals surface area contributed by atoms with E-state index in [-0.39, 0.29) is 16.4 Å². The third-order valence-electron chi connectivity index (χ3n) is 5.84. The van der Waals surface area contributed by atoms with Gasteiger partial charge in [-0.1, -0.05) is 17.4 Å². The molecule has 0 bridgehead atoms. The van der Waals surface area contributed by atoms with Crippen LogP contribution < -0.4 is 14.4 Å². The van der Waals surface area contributed by atoms with E-state index >= 15 is 0 Å². The minimum Gasteiger partial charge on any atom is -0.495 e. The van der Waals surface area contributed by atoms with Crippen molar-refractivity contribution in [1.29, 1.82) is 0 Å². The van der Waals surface area contributed by atoms with E-state index in [1.54, 1.807) is 37.3 Å². The van der Waals surface area contributed by atoms with Gasteiger partial charge in [0.05, 0.1) is 32.3 Å².